The molecule has 6 atom stereocenters. The molecule has 1 unspecified atom stereocenters. The van der Waals surface area contributed by atoms with Crippen molar-refractivity contribution in [1.29, 1.82) is 0 Å². The Balaban J connectivity index is 1.13. The highest BCUT2D eigenvalue weighted by Gasteiger charge is 2.59. The van der Waals surface area contributed by atoms with Crippen molar-refractivity contribution in [2.24, 2.45) is 17.8 Å². The molecule has 4 saturated heterocycles. The van der Waals surface area contributed by atoms with Gasteiger partial charge in [-0.1, -0.05) is 110 Å². The van der Waals surface area contributed by atoms with E-state index in [1.54, 1.807) is 4.90 Å². The van der Waals surface area contributed by atoms with Crippen LogP contribution in [0.1, 0.15) is 80.5 Å². The highest BCUT2D eigenvalue weighted by Crippen LogP contribution is 2.45. The maximum absolute atomic E-state index is 14.6. The van der Waals surface area contributed by atoms with Crippen LogP contribution in [0.15, 0.2) is 97.1 Å². The molecule has 7 rings (SSSR count). The quantitative estimate of drug-likeness (QED) is 0.217. The third-order valence-electron chi connectivity index (χ3n) is 12.3. The second-order valence-corrected chi connectivity index (χ2v) is 15.7. The molecule has 9 heteroatoms. The molecular formula is C45H55N5O4. The molecule has 0 saturated carbocycles. The predicted octanol–water partition coefficient (Wildman–Crippen LogP) is 5.81. The van der Waals surface area contributed by atoms with E-state index in [0.717, 1.165) is 42.5 Å². The highest BCUT2D eigenvalue weighted by molar-refractivity contribution is 5.99. The number of nitrogens with one attached hydrogen (secondary N) is 2. The number of piperidine rings is 2. The van der Waals surface area contributed by atoms with Crippen LogP contribution in [-0.2, 0) is 19.2 Å². The average molecular weight is 730 g/mol. The van der Waals surface area contributed by atoms with Crippen molar-refractivity contribution >= 4 is 29.7 Å². The number of nitrogens with zero attached hydrogens (tertiary/aromatic N) is 3. The molecule has 4 fully saturated rings. The zero-order chi connectivity index (χ0) is 37.4. The summed E-state index contributed by atoms with van der Waals surface area (Å²) in [6, 6.07) is 27.5. The summed E-state index contributed by atoms with van der Waals surface area (Å²) in [7, 11) is 0. The first-order valence-corrected chi connectivity index (χ1v) is 20.1. The number of hydrogen-bond acceptors (Lipinski definition) is 5. The molecule has 2 N–H and O–H groups in total. The molecule has 3 aromatic carbocycles. The molecule has 0 aromatic heterocycles. The second kappa shape index (κ2) is 17.6. The van der Waals surface area contributed by atoms with Crippen LogP contribution in [0.5, 0.6) is 0 Å². The van der Waals surface area contributed by atoms with Crippen molar-refractivity contribution in [2.45, 2.75) is 75.9 Å². The molecule has 3 aromatic rings. The van der Waals surface area contributed by atoms with Crippen molar-refractivity contribution in [3.63, 3.8) is 0 Å². The van der Waals surface area contributed by atoms with Crippen LogP contribution in [0.4, 0.5) is 0 Å². The minimum Gasteiger partial charge on any atom is -0.355 e. The van der Waals surface area contributed by atoms with Crippen molar-refractivity contribution in [3.05, 3.63) is 114 Å². The summed E-state index contributed by atoms with van der Waals surface area (Å²) in [6.07, 6.45) is 10.8. The topological polar surface area (TPSA) is 102 Å². The van der Waals surface area contributed by atoms with Crippen LogP contribution in [-0.4, -0.2) is 89.7 Å². The van der Waals surface area contributed by atoms with E-state index in [9.17, 15) is 19.2 Å². The van der Waals surface area contributed by atoms with Gasteiger partial charge in [0.1, 0.15) is 6.04 Å². The Labute approximate surface area is 320 Å². The molecule has 284 valence electrons. The van der Waals surface area contributed by atoms with Gasteiger partial charge >= 0.3 is 0 Å². The van der Waals surface area contributed by atoms with Gasteiger partial charge in [-0.2, -0.15) is 0 Å². The monoisotopic (exact) mass is 729 g/mol. The van der Waals surface area contributed by atoms with Gasteiger partial charge in [-0.05, 0) is 81.3 Å². The first kappa shape index (κ1) is 37.6. The number of rotatable bonds is 13. The van der Waals surface area contributed by atoms with Gasteiger partial charge < -0.3 is 25.3 Å². The van der Waals surface area contributed by atoms with E-state index in [-0.39, 0.29) is 42.0 Å². The van der Waals surface area contributed by atoms with E-state index in [2.05, 4.69) is 15.5 Å². The molecule has 0 bridgehead atoms. The lowest BCUT2D eigenvalue weighted by Gasteiger charge is -2.52. The fraction of sp³-hybridized carbons (Fsp3) is 0.467. The van der Waals surface area contributed by atoms with Crippen LogP contribution in [0, 0.1) is 17.8 Å². The molecule has 4 aliphatic heterocycles. The molecule has 4 amide bonds. The SMILES string of the molecule is C[C@H](NC(=O)[C@@H](CC(=O)N1CCC(CCN2CCCCC2)CC1)N1C(=O)[C@@H](C2C(=O)NC[C@@H]2c2ccccc2)[C@H]1C=Cc1ccccc1)c1ccccc1. The van der Waals surface area contributed by atoms with Gasteiger partial charge in [0.15, 0.2) is 0 Å². The standard InChI is InChI=1S/C45H55N5O4/c1-32(35-16-8-3-9-17-35)47-43(52)39(30-40(51)49-28-23-34(24-29-49)22-27-48-25-12-5-13-26-48)50-38(21-20-33-14-6-2-7-15-33)42(45(50)54)41-37(31-46-44(41)53)36-18-10-4-11-19-36/h2-4,6-11,14-21,32,34,37-39,41-42H,5,12-13,22-31H2,1H3,(H,46,53)(H,47,52)/t32-,37+,38+,39+,41?,42+/m0/s1. The summed E-state index contributed by atoms with van der Waals surface area (Å²) in [5, 5.41) is 6.16. The van der Waals surface area contributed by atoms with Crippen molar-refractivity contribution < 1.29 is 19.2 Å². The van der Waals surface area contributed by atoms with Crippen LogP contribution >= 0.6 is 0 Å². The van der Waals surface area contributed by atoms with Gasteiger partial charge in [0.2, 0.25) is 23.6 Å². The fourth-order valence-electron chi connectivity index (χ4n) is 9.11. The Bertz CT molecular complexity index is 1750. The van der Waals surface area contributed by atoms with Gasteiger partial charge in [-0.15, -0.1) is 0 Å². The number of hydrogen-bond donors (Lipinski definition) is 2. The van der Waals surface area contributed by atoms with Crippen LogP contribution in [0.2, 0.25) is 0 Å². The van der Waals surface area contributed by atoms with E-state index < -0.39 is 23.9 Å². The van der Waals surface area contributed by atoms with E-state index in [4.69, 9.17) is 0 Å². The highest BCUT2D eigenvalue weighted by atomic mass is 16.2. The molecule has 4 heterocycles. The normalized spacial score (nSPS) is 24.9. The number of β-lactam (4-membered cyclic amide) rings is 1. The summed E-state index contributed by atoms with van der Waals surface area (Å²) < 4.78 is 0. The van der Waals surface area contributed by atoms with Crippen LogP contribution in [0.3, 0.4) is 0 Å². The minimum absolute atomic E-state index is 0.111. The Morgan fingerprint density at radius 2 is 1.48 bits per heavy atom. The third kappa shape index (κ3) is 8.62. The molecule has 54 heavy (non-hydrogen) atoms. The van der Waals surface area contributed by atoms with Crippen LogP contribution in [0.25, 0.3) is 6.08 Å². The number of amides is 4. The molecule has 0 radical (unpaired) electrons. The first-order chi connectivity index (χ1) is 26.4. The number of likely N-dealkylation sites (tertiary alicyclic amines) is 3. The lowest BCUT2D eigenvalue weighted by Crippen LogP contribution is -2.69. The third-order valence-corrected chi connectivity index (χ3v) is 12.3. The van der Waals surface area contributed by atoms with Gasteiger partial charge in [0.05, 0.1) is 30.3 Å². The second-order valence-electron chi connectivity index (χ2n) is 15.7. The van der Waals surface area contributed by atoms with E-state index in [1.165, 1.54) is 32.4 Å². The Morgan fingerprint density at radius 3 is 2.17 bits per heavy atom. The largest absolute Gasteiger partial charge is 0.355 e. The molecule has 4 aliphatic rings. The maximum Gasteiger partial charge on any atom is 0.243 e. The number of carbonyl (C=O) groups excluding carboxylic acids is 4. The Kier molecular flexibility index (Phi) is 12.2. The van der Waals surface area contributed by atoms with Crippen LogP contribution < -0.4 is 10.6 Å². The lowest BCUT2D eigenvalue weighted by atomic mass is 9.70. The summed E-state index contributed by atoms with van der Waals surface area (Å²) in [5.41, 5.74) is 2.88. The number of benzene rings is 3. The lowest BCUT2D eigenvalue weighted by molar-refractivity contribution is -0.168. The average Bonchev–Trinajstić information content (AvgIpc) is 3.59. The first-order valence-electron chi connectivity index (χ1n) is 20.1. The van der Waals surface area contributed by atoms with Crippen molar-refractivity contribution in [3.8, 4) is 0 Å². The summed E-state index contributed by atoms with van der Waals surface area (Å²) in [6.45, 7) is 7.19. The maximum atomic E-state index is 14.6. The summed E-state index contributed by atoms with van der Waals surface area (Å²) in [5.74, 6) is -1.78. The van der Waals surface area contributed by atoms with Crippen molar-refractivity contribution in [1.82, 2.24) is 25.3 Å². The van der Waals surface area contributed by atoms with Gasteiger partial charge in [-0.3, -0.25) is 19.2 Å². The minimum atomic E-state index is -1.03. The fourth-order valence-corrected chi connectivity index (χ4v) is 9.11. The summed E-state index contributed by atoms with van der Waals surface area (Å²) >= 11 is 0. The zero-order valence-electron chi connectivity index (χ0n) is 31.5. The van der Waals surface area contributed by atoms with Gasteiger partial charge in [0, 0.05) is 25.6 Å². The molecule has 9 nitrogen and oxygen atoms in total. The Morgan fingerprint density at radius 1 is 0.833 bits per heavy atom. The smallest absolute Gasteiger partial charge is 0.243 e. The van der Waals surface area contributed by atoms with E-state index >= 15 is 0 Å². The summed E-state index contributed by atoms with van der Waals surface area (Å²) in [4.78, 5) is 62.8. The zero-order valence-corrected chi connectivity index (χ0v) is 31.5. The number of carbonyl (C=O) groups is 4. The molecule has 0 aliphatic carbocycles. The van der Waals surface area contributed by atoms with E-state index in [0.29, 0.717) is 25.6 Å². The molecule has 0 spiro atoms. The van der Waals surface area contributed by atoms with Gasteiger partial charge in [-0.25, -0.2) is 0 Å². The van der Waals surface area contributed by atoms with Crippen molar-refractivity contribution in [2.75, 3.05) is 39.3 Å². The molecular weight excluding hydrogens is 675 g/mol. The Hall–Kier alpha value is -4.76. The van der Waals surface area contributed by atoms with Gasteiger partial charge in [0.25, 0.3) is 0 Å². The van der Waals surface area contributed by atoms with E-state index in [1.807, 2.05) is 115 Å². The predicted molar refractivity (Wildman–Crippen MR) is 211 cm³/mol.